The molecule has 0 saturated carbocycles. The van der Waals surface area contributed by atoms with Gasteiger partial charge in [0.15, 0.2) is 18.2 Å². The summed E-state index contributed by atoms with van der Waals surface area (Å²) in [5.74, 6) is -4.79. The number of carbonyl (C=O) groups is 3. The van der Waals surface area contributed by atoms with Crippen molar-refractivity contribution in [2.45, 2.75) is 142 Å². The van der Waals surface area contributed by atoms with Gasteiger partial charge in [-0.1, -0.05) is 27.7 Å². The summed E-state index contributed by atoms with van der Waals surface area (Å²) in [5.41, 5.74) is -3.15. The van der Waals surface area contributed by atoms with E-state index in [1.165, 1.54) is 40.2 Å². The molecule has 0 aliphatic carbocycles. The molecule has 3 N–H and O–H groups in total. The zero-order valence-electron chi connectivity index (χ0n) is 29.8. The molecule has 0 amide bonds. The van der Waals surface area contributed by atoms with E-state index in [4.69, 9.17) is 23.7 Å². The molecule has 14 atom stereocenters. The molecule has 0 spiro atoms. The average molecular weight is 658 g/mol. The van der Waals surface area contributed by atoms with E-state index in [1.54, 1.807) is 34.6 Å². The summed E-state index contributed by atoms with van der Waals surface area (Å²) in [6.07, 6.45) is -3.31. The second-order valence-corrected chi connectivity index (χ2v) is 14.1. The molecule has 0 unspecified atom stereocenters. The zero-order valence-corrected chi connectivity index (χ0v) is 29.8. The number of nitrogens with zero attached hydrogens (tertiary/aromatic N) is 1. The number of Topliss-reactive ketones (excluding diaryl/α,β-unsaturated/α-hetero) is 1. The molecule has 12 nitrogen and oxygen atoms in total. The zero-order chi connectivity index (χ0) is 35.3. The molecular weight excluding hydrogens is 598 g/mol. The van der Waals surface area contributed by atoms with Crippen LogP contribution >= 0.6 is 0 Å². The van der Waals surface area contributed by atoms with Crippen molar-refractivity contribution in [2.75, 3.05) is 21.2 Å². The van der Waals surface area contributed by atoms with Crippen LogP contribution in [0.1, 0.15) is 81.6 Å². The van der Waals surface area contributed by atoms with Gasteiger partial charge in [0.1, 0.15) is 17.5 Å². The lowest BCUT2D eigenvalue weighted by Crippen LogP contribution is -2.60. The maximum atomic E-state index is 13.7. The smallest absolute Gasteiger partial charge is 0.311 e. The van der Waals surface area contributed by atoms with Gasteiger partial charge in [0.05, 0.1) is 48.2 Å². The van der Waals surface area contributed by atoms with Crippen molar-refractivity contribution in [3.05, 3.63) is 12.3 Å². The fourth-order valence-corrected chi connectivity index (χ4v) is 6.94. The summed E-state index contributed by atoms with van der Waals surface area (Å²) in [4.78, 5) is 40.8. The molecule has 2 aliphatic rings. The Labute approximate surface area is 274 Å². The quantitative estimate of drug-likeness (QED) is 0.199. The first kappa shape index (κ1) is 40.2. The standard InChI is InChI=1S/C34H59NO11/c1-13-25-34(9,41)29(39)21(5)26(37)18(2)17-33(8,42-12)30(22(6)27(38)23(7)31(40)45-25)46-32-28(43-15-14-19(3)36)24(35(10)11)16-20(4)44-32/h14-15,18,20-25,27-30,32,38-39,41H,13,16-17H2,1-12H3/b15-14+/t18-,20-,21+,22+,23-,24+,25-,27+,28-,29-,30-,32+,33+,34-/m1/s1. The molecule has 266 valence electrons. The molecule has 2 fully saturated rings. The summed E-state index contributed by atoms with van der Waals surface area (Å²) in [6, 6.07) is -0.173. The Balaban J connectivity index is 2.67. The third-order valence-electron chi connectivity index (χ3n) is 10.0. The van der Waals surface area contributed by atoms with Crippen LogP contribution in [0, 0.1) is 23.7 Å². The molecular formula is C34H59NO11. The normalized spacial score (nSPS) is 43.7. The van der Waals surface area contributed by atoms with Crippen molar-refractivity contribution >= 4 is 17.5 Å². The van der Waals surface area contributed by atoms with E-state index in [1.807, 2.05) is 25.9 Å². The molecule has 0 aromatic rings. The number of aliphatic hydroxyl groups is 3. The maximum absolute atomic E-state index is 13.7. The Morgan fingerprint density at radius 3 is 2.22 bits per heavy atom. The molecule has 0 aromatic carbocycles. The number of allylic oxidation sites excluding steroid dienone is 1. The SMILES string of the molecule is CC[C@H]1OC(=O)[C@H](C)[C@@H](O)[C@H](C)[C@@H](O[C@@H]2O[C@H](C)C[C@H](N(C)C)[C@H]2O/C=C/C(C)=O)[C@@](C)(OC)C[C@@H](C)C(=O)[C@H](C)[C@@H](O)[C@]1(C)O. The number of rotatable bonds is 8. The largest absolute Gasteiger partial charge is 0.491 e. The fraction of sp³-hybridized carbons (Fsp3) is 0.853. The van der Waals surface area contributed by atoms with Crippen molar-refractivity contribution < 1.29 is 53.4 Å². The molecule has 2 heterocycles. The number of hydrogen-bond acceptors (Lipinski definition) is 12. The Morgan fingerprint density at radius 2 is 1.70 bits per heavy atom. The topological polar surface area (TPSA) is 161 Å². The van der Waals surface area contributed by atoms with Crippen LogP contribution in [-0.4, -0.2) is 119 Å². The van der Waals surface area contributed by atoms with Crippen molar-refractivity contribution in [1.29, 1.82) is 0 Å². The number of likely N-dealkylation sites (N-methyl/N-ethyl adjacent to an activating group) is 1. The van der Waals surface area contributed by atoms with Gasteiger partial charge in [-0.15, -0.1) is 0 Å². The Kier molecular flexibility index (Phi) is 14.4. The van der Waals surface area contributed by atoms with Crippen LogP contribution in [0.5, 0.6) is 0 Å². The van der Waals surface area contributed by atoms with Crippen LogP contribution in [0.2, 0.25) is 0 Å². The third-order valence-corrected chi connectivity index (χ3v) is 10.0. The van der Waals surface area contributed by atoms with Crippen molar-refractivity contribution in [3.8, 4) is 0 Å². The van der Waals surface area contributed by atoms with Gasteiger partial charge in [-0.2, -0.15) is 0 Å². The maximum Gasteiger partial charge on any atom is 0.311 e. The van der Waals surface area contributed by atoms with Crippen molar-refractivity contribution in [2.24, 2.45) is 23.7 Å². The first-order chi connectivity index (χ1) is 21.2. The molecule has 46 heavy (non-hydrogen) atoms. The average Bonchev–Trinajstić information content (AvgIpc) is 2.99. The molecule has 12 heteroatoms. The lowest BCUT2D eigenvalue weighted by Gasteiger charge is -2.48. The fourth-order valence-electron chi connectivity index (χ4n) is 6.94. The predicted octanol–water partition coefficient (Wildman–Crippen LogP) is 2.64. The van der Waals surface area contributed by atoms with Crippen LogP contribution in [0.25, 0.3) is 0 Å². The van der Waals surface area contributed by atoms with Gasteiger partial charge in [-0.05, 0) is 68.0 Å². The molecule has 2 rings (SSSR count). The number of carbonyl (C=O) groups excluding carboxylic acids is 3. The highest BCUT2D eigenvalue weighted by molar-refractivity contribution is 5.86. The number of hydrogen-bond donors (Lipinski definition) is 3. The van der Waals surface area contributed by atoms with Gasteiger partial charge in [-0.25, -0.2) is 0 Å². The first-order valence-corrected chi connectivity index (χ1v) is 16.4. The van der Waals surface area contributed by atoms with Crippen LogP contribution in [0.4, 0.5) is 0 Å². The van der Waals surface area contributed by atoms with Gasteiger partial charge >= 0.3 is 5.97 Å². The van der Waals surface area contributed by atoms with Crippen LogP contribution in [0.3, 0.4) is 0 Å². The van der Waals surface area contributed by atoms with E-state index in [0.717, 1.165) is 0 Å². The number of aliphatic hydroxyl groups excluding tert-OH is 2. The van der Waals surface area contributed by atoms with Gasteiger partial charge < -0.3 is 43.9 Å². The van der Waals surface area contributed by atoms with Crippen molar-refractivity contribution in [1.82, 2.24) is 4.90 Å². The molecule has 0 bridgehead atoms. The lowest BCUT2D eigenvalue weighted by atomic mass is 9.74. The summed E-state index contributed by atoms with van der Waals surface area (Å²) in [6.45, 7) is 14.7. The number of cyclic esters (lactones) is 1. The minimum Gasteiger partial charge on any atom is -0.491 e. The molecule has 0 aromatic heterocycles. The van der Waals surface area contributed by atoms with Gasteiger partial charge in [0.25, 0.3) is 0 Å². The highest BCUT2D eigenvalue weighted by atomic mass is 16.7. The van der Waals surface area contributed by atoms with E-state index in [2.05, 4.69) is 0 Å². The van der Waals surface area contributed by atoms with Crippen LogP contribution < -0.4 is 0 Å². The molecule has 2 aliphatic heterocycles. The first-order valence-electron chi connectivity index (χ1n) is 16.4. The molecule has 0 radical (unpaired) electrons. The third kappa shape index (κ3) is 9.15. The minimum absolute atomic E-state index is 0.119. The number of ketones is 2. The highest BCUT2D eigenvalue weighted by Crippen LogP contribution is 2.39. The van der Waals surface area contributed by atoms with Crippen LogP contribution in [-0.2, 0) is 38.1 Å². The lowest BCUT2D eigenvalue weighted by molar-refractivity contribution is -0.302. The number of ether oxygens (including phenoxy) is 5. The predicted molar refractivity (Wildman–Crippen MR) is 170 cm³/mol. The number of esters is 1. The Morgan fingerprint density at radius 1 is 1.09 bits per heavy atom. The highest BCUT2D eigenvalue weighted by Gasteiger charge is 2.52. The molecule has 2 saturated heterocycles. The van der Waals surface area contributed by atoms with E-state index in [9.17, 15) is 29.7 Å². The van der Waals surface area contributed by atoms with Gasteiger partial charge in [-0.3, -0.25) is 14.4 Å². The summed E-state index contributed by atoms with van der Waals surface area (Å²) >= 11 is 0. The van der Waals surface area contributed by atoms with E-state index in [-0.39, 0.29) is 36.6 Å². The Bertz CT molecular complexity index is 1060. The van der Waals surface area contributed by atoms with E-state index >= 15 is 0 Å². The van der Waals surface area contributed by atoms with E-state index in [0.29, 0.717) is 6.42 Å². The van der Waals surface area contributed by atoms with Gasteiger partial charge in [0.2, 0.25) is 0 Å². The van der Waals surface area contributed by atoms with Crippen molar-refractivity contribution in [3.63, 3.8) is 0 Å². The van der Waals surface area contributed by atoms with Crippen LogP contribution in [0.15, 0.2) is 12.3 Å². The summed E-state index contributed by atoms with van der Waals surface area (Å²) in [7, 11) is 5.31. The van der Waals surface area contributed by atoms with E-state index < -0.39 is 77.7 Å². The van der Waals surface area contributed by atoms with Gasteiger partial charge in [0, 0.05) is 30.9 Å². The second-order valence-electron chi connectivity index (χ2n) is 14.1. The summed E-state index contributed by atoms with van der Waals surface area (Å²) in [5, 5.41) is 34.2. The monoisotopic (exact) mass is 657 g/mol. The second kappa shape index (κ2) is 16.5. The summed E-state index contributed by atoms with van der Waals surface area (Å²) < 4.78 is 30.9. The Hall–Kier alpha value is -1.93. The minimum atomic E-state index is -1.93. The number of methoxy groups -OCH3 is 1.